The smallest absolute Gasteiger partial charge is 0.414 e. The number of benzene rings is 1. The molecule has 1 aromatic carbocycles. The highest BCUT2D eigenvalue weighted by Crippen LogP contribution is 2.37. The van der Waals surface area contributed by atoms with Crippen LogP contribution < -0.4 is 10.6 Å². The third kappa shape index (κ3) is 6.31. The summed E-state index contributed by atoms with van der Waals surface area (Å²) in [5.74, 6) is -1.28. The zero-order chi connectivity index (χ0) is 27.2. The maximum absolute atomic E-state index is 13.0. The number of nitriles is 2. The van der Waals surface area contributed by atoms with Gasteiger partial charge < -0.3 is 15.0 Å². The predicted molar refractivity (Wildman–Crippen MR) is 133 cm³/mol. The molecule has 0 spiro atoms. The van der Waals surface area contributed by atoms with Crippen molar-refractivity contribution >= 4 is 44.3 Å². The summed E-state index contributed by atoms with van der Waals surface area (Å²) in [6.07, 6.45) is -0.339. The van der Waals surface area contributed by atoms with Gasteiger partial charge in [-0.25, -0.2) is 13.2 Å². The Balaban J connectivity index is 1.87. The van der Waals surface area contributed by atoms with Gasteiger partial charge in [0.05, 0.1) is 29.2 Å². The zero-order valence-electron chi connectivity index (χ0n) is 20.1. The lowest BCUT2D eigenvalue weighted by Crippen LogP contribution is -2.33. The number of ether oxygens (including phenoxy) is 1. The number of anilines is 1. The number of thiophene rings is 1. The summed E-state index contributed by atoms with van der Waals surface area (Å²) in [5.41, 5.74) is 1.06. The van der Waals surface area contributed by atoms with Crippen LogP contribution in [0.15, 0.2) is 29.2 Å². The number of carbonyl (C=O) groups is 3. The van der Waals surface area contributed by atoms with E-state index in [1.807, 2.05) is 7.05 Å². The molecule has 1 aliphatic heterocycles. The van der Waals surface area contributed by atoms with E-state index in [-0.39, 0.29) is 27.6 Å². The molecule has 0 saturated carbocycles. The Morgan fingerprint density at radius 1 is 1.14 bits per heavy atom. The van der Waals surface area contributed by atoms with Gasteiger partial charge in [-0.05, 0) is 50.2 Å². The maximum Gasteiger partial charge on any atom is 0.414 e. The summed E-state index contributed by atoms with van der Waals surface area (Å²) in [5, 5.41) is 22.9. The van der Waals surface area contributed by atoms with Crippen LogP contribution >= 0.6 is 11.3 Å². The van der Waals surface area contributed by atoms with Gasteiger partial charge in [0.1, 0.15) is 18.1 Å². The molecular formula is C23H24N6O6S2. The number of nitrogens with one attached hydrogen (secondary N) is 2. The zero-order valence-corrected chi connectivity index (χ0v) is 21.7. The van der Waals surface area contributed by atoms with E-state index >= 15 is 0 Å². The second-order valence-electron chi connectivity index (χ2n) is 7.94. The number of amides is 3. The minimum atomic E-state index is -4.11. The number of hydrogen-bond acceptors (Lipinski definition) is 10. The molecule has 0 bridgehead atoms. The van der Waals surface area contributed by atoms with Gasteiger partial charge in [-0.1, -0.05) is 0 Å². The van der Waals surface area contributed by atoms with Gasteiger partial charge in [0, 0.05) is 23.5 Å². The molecule has 0 fully saturated rings. The summed E-state index contributed by atoms with van der Waals surface area (Å²) < 4.78 is 31.0. The number of sulfonamides is 1. The molecule has 2 N–H and O–H groups in total. The van der Waals surface area contributed by atoms with Crippen LogP contribution in [0.1, 0.15) is 38.1 Å². The van der Waals surface area contributed by atoms with Crippen molar-refractivity contribution in [2.75, 3.05) is 38.6 Å². The molecule has 14 heteroatoms. The third-order valence-electron chi connectivity index (χ3n) is 5.44. The number of likely N-dealkylation sites (N-methyl/N-ethyl adjacent to an activating group) is 1. The van der Waals surface area contributed by atoms with E-state index in [4.69, 9.17) is 15.3 Å². The first-order valence-electron chi connectivity index (χ1n) is 11.1. The van der Waals surface area contributed by atoms with Crippen molar-refractivity contribution in [3.8, 4) is 12.1 Å². The molecule has 1 aliphatic rings. The highest BCUT2D eigenvalue weighted by Gasteiger charge is 2.29. The first-order chi connectivity index (χ1) is 17.6. The van der Waals surface area contributed by atoms with Crippen LogP contribution in [0.3, 0.4) is 0 Å². The molecule has 0 unspecified atom stereocenters. The van der Waals surface area contributed by atoms with Crippen LogP contribution in [0.4, 0.5) is 9.80 Å². The lowest BCUT2D eigenvalue weighted by atomic mass is 10.0. The van der Waals surface area contributed by atoms with Gasteiger partial charge in [0.25, 0.3) is 11.8 Å². The van der Waals surface area contributed by atoms with E-state index in [0.29, 0.717) is 19.5 Å². The average molecular weight is 545 g/mol. The molecular weight excluding hydrogens is 520 g/mol. The minimum absolute atomic E-state index is 0.0890. The molecule has 3 rings (SSSR count). The summed E-state index contributed by atoms with van der Waals surface area (Å²) in [6.45, 7) is 1.98. The number of hydrogen-bond donors (Lipinski definition) is 2. The minimum Gasteiger partial charge on any atom is -0.450 e. The van der Waals surface area contributed by atoms with Crippen LogP contribution in [-0.2, 0) is 27.7 Å². The summed E-state index contributed by atoms with van der Waals surface area (Å²) in [6, 6.07) is 8.41. The van der Waals surface area contributed by atoms with E-state index < -0.39 is 41.0 Å². The van der Waals surface area contributed by atoms with Crippen LogP contribution in [0.5, 0.6) is 0 Å². The lowest BCUT2D eigenvalue weighted by molar-refractivity contribution is 0.0924. The van der Waals surface area contributed by atoms with E-state index in [9.17, 15) is 22.8 Å². The topological polar surface area (TPSA) is 173 Å². The molecule has 2 aromatic rings. The molecule has 0 radical (unpaired) electrons. The molecule has 37 heavy (non-hydrogen) atoms. The highest BCUT2D eigenvalue weighted by atomic mass is 32.2. The second-order valence-corrected chi connectivity index (χ2v) is 11.0. The second kappa shape index (κ2) is 11.9. The number of imide groups is 1. The molecule has 3 amide bonds. The number of alkyl carbamates (subject to hydrolysis) is 1. The van der Waals surface area contributed by atoms with Crippen molar-refractivity contribution in [2.24, 2.45) is 0 Å². The van der Waals surface area contributed by atoms with Crippen LogP contribution in [0, 0.1) is 22.7 Å². The van der Waals surface area contributed by atoms with Crippen LogP contribution in [0.2, 0.25) is 0 Å². The first-order valence-corrected chi connectivity index (χ1v) is 13.3. The van der Waals surface area contributed by atoms with Gasteiger partial charge in [0.15, 0.2) is 0 Å². The van der Waals surface area contributed by atoms with Gasteiger partial charge >= 0.3 is 6.09 Å². The largest absolute Gasteiger partial charge is 0.450 e. The normalized spacial score (nSPS) is 13.2. The van der Waals surface area contributed by atoms with Crippen LogP contribution in [0.25, 0.3) is 0 Å². The van der Waals surface area contributed by atoms with Crippen molar-refractivity contribution in [3.05, 3.63) is 45.8 Å². The Bertz CT molecular complexity index is 1370. The Hall–Kier alpha value is -3.82. The van der Waals surface area contributed by atoms with Crippen LogP contribution in [-0.4, -0.2) is 68.8 Å². The quantitative estimate of drug-likeness (QED) is 0.471. The molecule has 0 saturated heterocycles. The highest BCUT2D eigenvalue weighted by molar-refractivity contribution is 7.89. The Labute approximate surface area is 218 Å². The van der Waals surface area contributed by atoms with E-state index in [1.54, 1.807) is 19.1 Å². The lowest BCUT2D eigenvalue weighted by Gasteiger charge is -2.22. The van der Waals surface area contributed by atoms with Crippen molar-refractivity contribution in [1.29, 1.82) is 10.5 Å². The number of fused-ring (bicyclic) bond motifs is 1. The fraction of sp³-hybridized carbons (Fsp3) is 0.348. The fourth-order valence-electron chi connectivity index (χ4n) is 3.67. The number of rotatable bonds is 8. The first kappa shape index (κ1) is 27.8. The monoisotopic (exact) mass is 544 g/mol. The maximum atomic E-state index is 13.0. The van der Waals surface area contributed by atoms with E-state index in [2.05, 4.69) is 15.5 Å². The summed E-state index contributed by atoms with van der Waals surface area (Å²) >= 11 is 1.23. The summed E-state index contributed by atoms with van der Waals surface area (Å²) in [7, 11) is -2.18. The van der Waals surface area contributed by atoms with Crippen molar-refractivity contribution < 1.29 is 27.5 Å². The number of nitrogens with zero attached hydrogens (tertiary/aromatic N) is 4. The molecule has 1 aromatic heterocycles. The molecule has 2 heterocycles. The average Bonchev–Trinajstić information content (AvgIpc) is 3.20. The number of carbonyl (C=O) groups excluding carboxylic acids is 3. The SMILES string of the molecule is CCOC(=O)NC(=O)c1c(NC(=O)c2ccc(S(=O)(=O)N(CC#N)CC#N)cc2)sc2c1CCN(C)C2. The Morgan fingerprint density at radius 3 is 2.38 bits per heavy atom. The van der Waals surface area contributed by atoms with Gasteiger partial charge in [-0.2, -0.15) is 14.8 Å². The van der Waals surface area contributed by atoms with Gasteiger partial charge in [-0.15, -0.1) is 11.3 Å². The molecule has 0 atom stereocenters. The molecule has 12 nitrogen and oxygen atoms in total. The van der Waals surface area contributed by atoms with E-state index in [0.717, 1.165) is 14.7 Å². The van der Waals surface area contributed by atoms with Crippen molar-refractivity contribution in [3.63, 3.8) is 0 Å². The molecule has 194 valence electrons. The Morgan fingerprint density at radius 2 is 1.78 bits per heavy atom. The summed E-state index contributed by atoms with van der Waals surface area (Å²) in [4.78, 5) is 40.5. The Kier molecular flexibility index (Phi) is 8.96. The predicted octanol–water partition coefficient (Wildman–Crippen LogP) is 1.91. The van der Waals surface area contributed by atoms with E-state index in [1.165, 1.54) is 35.6 Å². The van der Waals surface area contributed by atoms with Gasteiger partial charge in [0.2, 0.25) is 10.0 Å². The standard InChI is InChI=1S/C23H24N6O6S2/c1-3-35-23(32)27-21(31)19-17-8-11-28(2)14-18(17)36-22(19)26-20(30)15-4-6-16(7-5-15)37(33,34)29(12-9-24)13-10-25/h4-7H,3,8,11-14H2,1-2H3,(H,26,30)(H,27,31,32). The third-order valence-corrected chi connectivity index (χ3v) is 8.38. The fourth-order valence-corrected chi connectivity index (χ4v) is 6.22. The van der Waals surface area contributed by atoms with Crippen molar-refractivity contribution in [1.82, 2.24) is 14.5 Å². The van der Waals surface area contributed by atoms with Crippen molar-refractivity contribution in [2.45, 2.75) is 24.8 Å². The molecule has 0 aliphatic carbocycles. The van der Waals surface area contributed by atoms with Gasteiger partial charge in [-0.3, -0.25) is 14.9 Å².